The predicted octanol–water partition coefficient (Wildman–Crippen LogP) is 1.02. The van der Waals surface area contributed by atoms with Crippen LogP contribution in [0.2, 0.25) is 0 Å². The van der Waals surface area contributed by atoms with Crippen molar-refractivity contribution in [2.45, 2.75) is 6.42 Å². The first-order valence-electron chi connectivity index (χ1n) is 2.85. The van der Waals surface area contributed by atoms with Gasteiger partial charge in [-0.15, -0.1) is 17.8 Å². The highest BCUT2D eigenvalue weighted by molar-refractivity contribution is 7.09. The lowest BCUT2D eigenvalue weighted by Gasteiger charge is -1.82. The Morgan fingerprint density at radius 2 is 2.64 bits per heavy atom. The van der Waals surface area contributed by atoms with Crippen molar-refractivity contribution < 1.29 is 9.90 Å². The first kappa shape index (κ1) is 7.76. The van der Waals surface area contributed by atoms with Crippen LogP contribution in [-0.4, -0.2) is 16.1 Å². The van der Waals surface area contributed by atoms with Crippen LogP contribution >= 0.6 is 11.3 Å². The maximum Gasteiger partial charge on any atom is 0.355 e. The molecule has 1 rings (SSSR count). The minimum absolute atomic E-state index is 0.0697. The molecule has 0 saturated carbocycles. The highest BCUT2D eigenvalue weighted by Gasteiger charge is 2.06. The van der Waals surface area contributed by atoms with Gasteiger partial charge in [0.05, 0.1) is 6.42 Å². The van der Waals surface area contributed by atoms with Crippen LogP contribution in [0, 0.1) is 12.3 Å². The first-order valence-corrected chi connectivity index (χ1v) is 3.73. The number of nitrogens with zero attached hydrogens (tertiary/aromatic N) is 1. The van der Waals surface area contributed by atoms with E-state index in [2.05, 4.69) is 10.9 Å². The van der Waals surface area contributed by atoms with Crippen molar-refractivity contribution in [1.82, 2.24) is 4.98 Å². The molecule has 11 heavy (non-hydrogen) atoms. The Balaban J connectivity index is 2.83. The molecule has 0 bridgehead atoms. The van der Waals surface area contributed by atoms with Gasteiger partial charge in [-0.3, -0.25) is 0 Å². The van der Waals surface area contributed by atoms with Crippen molar-refractivity contribution >= 4 is 17.3 Å². The molecule has 56 valence electrons. The van der Waals surface area contributed by atoms with Crippen LogP contribution in [0.5, 0.6) is 0 Å². The Labute approximate surface area is 67.7 Å². The summed E-state index contributed by atoms with van der Waals surface area (Å²) in [5, 5.41) is 10.6. The van der Waals surface area contributed by atoms with Gasteiger partial charge in [0, 0.05) is 5.38 Å². The zero-order chi connectivity index (χ0) is 8.27. The third-order valence-corrected chi connectivity index (χ3v) is 1.87. The zero-order valence-corrected chi connectivity index (χ0v) is 6.39. The second-order valence-electron chi connectivity index (χ2n) is 1.81. The van der Waals surface area contributed by atoms with E-state index < -0.39 is 5.97 Å². The van der Waals surface area contributed by atoms with Crippen LogP contribution in [0.3, 0.4) is 0 Å². The van der Waals surface area contributed by atoms with Gasteiger partial charge in [-0.25, -0.2) is 9.78 Å². The van der Waals surface area contributed by atoms with E-state index in [9.17, 15) is 4.79 Å². The molecule has 0 unspecified atom stereocenters. The maximum atomic E-state index is 10.3. The highest BCUT2D eigenvalue weighted by Crippen LogP contribution is 2.09. The predicted molar refractivity (Wildman–Crippen MR) is 41.6 cm³/mol. The molecule has 0 fully saturated rings. The summed E-state index contributed by atoms with van der Waals surface area (Å²) in [4.78, 5) is 14.1. The first-order chi connectivity index (χ1) is 5.24. The number of hydrogen-bond donors (Lipinski definition) is 1. The van der Waals surface area contributed by atoms with Crippen LogP contribution in [-0.2, 0) is 6.42 Å². The van der Waals surface area contributed by atoms with Gasteiger partial charge in [-0.1, -0.05) is 5.92 Å². The standard InChI is InChI=1S/C7H5NO2S/c1-2-3-6-8-5(4-11-6)7(9)10/h1,4H,3H2,(H,9,10). The van der Waals surface area contributed by atoms with E-state index in [-0.39, 0.29) is 5.69 Å². The normalized spacial score (nSPS) is 9.00. The van der Waals surface area contributed by atoms with Crippen LogP contribution in [0.25, 0.3) is 0 Å². The molecule has 1 aromatic heterocycles. The van der Waals surface area contributed by atoms with Gasteiger partial charge >= 0.3 is 5.97 Å². The van der Waals surface area contributed by atoms with Crippen LogP contribution < -0.4 is 0 Å². The van der Waals surface area contributed by atoms with E-state index in [1.54, 1.807) is 0 Å². The van der Waals surface area contributed by atoms with E-state index in [0.29, 0.717) is 11.4 Å². The molecule has 0 aliphatic rings. The number of carboxylic acid groups (broad SMARTS) is 1. The van der Waals surface area contributed by atoms with Gasteiger partial charge in [0.1, 0.15) is 5.01 Å². The third-order valence-electron chi connectivity index (χ3n) is 1.02. The second-order valence-corrected chi connectivity index (χ2v) is 2.76. The molecule has 0 amide bonds. The Morgan fingerprint density at radius 1 is 1.91 bits per heavy atom. The van der Waals surface area contributed by atoms with Crippen LogP contribution in [0.4, 0.5) is 0 Å². The van der Waals surface area contributed by atoms with E-state index in [1.165, 1.54) is 16.7 Å². The van der Waals surface area contributed by atoms with Crippen molar-refractivity contribution in [2.75, 3.05) is 0 Å². The lowest BCUT2D eigenvalue weighted by Crippen LogP contribution is -1.96. The Hall–Kier alpha value is -1.34. The smallest absolute Gasteiger partial charge is 0.355 e. The molecule has 1 N–H and O–H groups in total. The molecule has 0 saturated heterocycles. The van der Waals surface area contributed by atoms with Crippen molar-refractivity contribution in [2.24, 2.45) is 0 Å². The van der Waals surface area contributed by atoms with Crippen LogP contribution in [0.15, 0.2) is 5.38 Å². The van der Waals surface area contributed by atoms with Gasteiger partial charge in [0.2, 0.25) is 0 Å². The summed E-state index contributed by atoms with van der Waals surface area (Å²) in [5.74, 6) is 1.38. The molecule has 0 aromatic carbocycles. The summed E-state index contributed by atoms with van der Waals surface area (Å²) in [6.07, 6.45) is 5.42. The Bertz CT molecular complexity index is 310. The van der Waals surface area contributed by atoms with E-state index in [1.807, 2.05) is 0 Å². The number of hydrogen-bond acceptors (Lipinski definition) is 3. The molecule has 0 aliphatic heterocycles. The summed E-state index contributed by atoms with van der Waals surface area (Å²) >= 11 is 1.27. The minimum atomic E-state index is -1.01. The molecule has 0 radical (unpaired) electrons. The summed E-state index contributed by atoms with van der Waals surface area (Å²) in [5.41, 5.74) is 0.0697. The summed E-state index contributed by atoms with van der Waals surface area (Å²) in [6, 6.07) is 0. The average Bonchev–Trinajstić information content (AvgIpc) is 2.37. The van der Waals surface area contributed by atoms with Gasteiger partial charge in [-0.05, 0) is 0 Å². The average molecular weight is 167 g/mol. The van der Waals surface area contributed by atoms with Gasteiger partial charge < -0.3 is 5.11 Å². The van der Waals surface area contributed by atoms with E-state index in [4.69, 9.17) is 11.5 Å². The van der Waals surface area contributed by atoms with E-state index in [0.717, 1.165) is 0 Å². The SMILES string of the molecule is C#CCc1nc(C(=O)O)cs1. The molecular formula is C7H5NO2S. The fourth-order valence-corrected chi connectivity index (χ4v) is 1.30. The fourth-order valence-electron chi connectivity index (χ4n) is 0.578. The number of aromatic carboxylic acids is 1. The largest absolute Gasteiger partial charge is 0.476 e. The van der Waals surface area contributed by atoms with Crippen molar-refractivity contribution in [3.63, 3.8) is 0 Å². The van der Waals surface area contributed by atoms with Crippen molar-refractivity contribution in [3.8, 4) is 12.3 Å². The summed E-state index contributed by atoms with van der Waals surface area (Å²) in [6.45, 7) is 0. The lowest BCUT2D eigenvalue weighted by molar-refractivity contribution is 0.0691. The number of carboxylic acids is 1. The molecule has 0 atom stereocenters. The van der Waals surface area contributed by atoms with Crippen LogP contribution in [0.1, 0.15) is 15.5 Å². The van der Waals surface area contributed by atoms with E-state index >= 15 is 0 Å². The molecule has 0 aliphatic carbocycles. The summed E-state index contributed by atoms with van der Waals surface area (Å²) < 4.78 is 0. The van der Waals surface area contributed by atoms with Crippen molar-refractivity contribution in [1.29, 1.82) is 0 Å². The molecule has 0 spiro atoms. The monoisotopic (exact) mass is 167 g/mol. The minimum Gasteiger partial charge on any atom is -0.476 e. The molecule has 3 nitrogen and oxygen atoms in total. The number of rotatable bonds is 2. The van der Waals surface area contributed by atoms with Gasteiger partial charge in [0.25, 0.3) is 0 Å². The number of aromatic nitrogens is 1. The lowest BCUT2D eigenvalue weighted by atomic mass is 10.4. The maximum absolute atomic E-state index is 10.3. The Kier molecular flexibility index (Phi) is 2.24. The molecule has 1 heterocycles. The van der Waals surface area contributed by atoms with Gasteiger partial charge in [0.15, 0.2) is 5.69 Å². The molecule has 4 heteroatoms. The molecular weight excluding hydrogens is 162 g/mol. The highest BCUT2D eigenvalue weighted by atomic mass is 32.1. The third kappa shape index (κ3) is 1.79. The number of thiazole rings is 1. The number of terminal acetylenes is 1. The fraction of sp³-hybridized carbons (Fsp3) is 0.143. The zero-order valence-electron chi connectivity index (χ0n) is 5.57. The molecule has 1 aromatic rings. The quantitative estimate of drug-likeness (QED) is 0.669. The topological polar surface area (TPSA) is 50.2 Å². The second kappa shape index (κ2) is 3.17. The van der Waals surface area contributed by atoms with Crippen molar-refractivity contribution in [3.05, 3.63) is 16.1 Å². The number of carbonyl (C=O) groups is 1. The summed E-state index contributed by atoms with van der Waals surface area (Å²) in [7, 11) is 0. The van der Waals surface area contributed by atoms with Gasteiger partial charge in [-0.2, -0.15) is 0 Å². The Morgan fingerprint density at radius 3 is 3.09 bits per heavy atom.